The summed E-state index contributed by atoms with van der Waals surface area (Å²) in [5.74, 6) is -0.0620. The molecule has 8 heteroatoms. The topological polar surface area (TPSA) is 99.9 Å². The highest BCUT2D eigenvalue weighted by Crippen LogP contribution is 2.25. The normalized spacial score (nSPS) is 10.3. The fourth-order valence-electron chi connectivity index (χ4n) is 2.50. The molecule has 27 heavy (non-hydrogen) atoms. The number of nitrogens with one attached hydrogen (secondary N) is 1. The van der Waals surface area contributed by atoms with Gasteiger partial charge in [0.15, 0.2) is 0 Å². The third-order valence-electron chi connectivity index (χ3n) is 3.85. The Morgan fingerprint density at radius 3 is 2.63 bits per heavy atom. The van der Waals surface area contributed by atoms with E-state index in [2.05, 4.69) is 5.32 Å². The molecular formula is C19H22N2O6. The largest absolute Gasteiger partial charge is 0.496 e. The molecule has 0 saturated heterocycles. The number of rotatable bonds is 9. The molecule has 0 heterocycles. The Morgan fingerprint density at radius 1 is 1.19 bits per heavy atom. The predicted molar refractivity (Wildman–Crippen MR) is 100 cm³/mol. The van der Waals surface area contributed by atoms with E-state index in [0.717, 1.165) is 5.56 Å². The van der Waals surface area contributed by atoms with Crippen LogP contribution >= 0.6 is 0 Å². The number of hydrogen-bond acceptors (Lipinski definition) is 7. The summed E-state index contributed by atoms with van der Waals surface area (Å²) in [5, 5.41) is 14.1. The van der Waals surface area contributed by atoms with E-state index in [1.165, 1.54) is 25.3 Å². The lowest BCUT2D eigenvalue weighted by Gasteiger charge is -2.13. The second-order valence-corrected chi connectivity index (χ2v) is 5.80. The summed E-state index contributed by atoms with van der Waals surface area (Å²) in [6.07, 6.45) is 0. The highest BCUT2D eigenvalue weighted by atomic mass is 16.6. The number of aryl methyl sites for hydroxylation is 1. The number of carbonyl (C=O) groups is 1. The number of ether oxygens (including phenoxy) is 3. The zero-order valence-electron chi connectivity index (χ0n) is 15.5. The fourth-order valence-corrected chi connectivity index (χ4v) is 2.50. The number of benzene rings is 2. The lowest BCUT2D eigenvalue weighted by molar-refractivity contribution is -0.384. The number of hydrogen-bond donors (Lipinski definition) is 1. The van der Waals surface area contributed by atoms with E-state index >= 15 is 0 Å². The first-order valence-electron chi connectivity index (χ1n) is 8.28. The van der Waals surface area contributed by atoms with E-state index in [9.17, 15) is 14.9 Å². The van der Waals surface area contributed by atoms with Crippen LogP contribution in [0.4, 0.5) is 11.4 Å². The maximum Gasteiger partial charge on any atom is 0.340 e. The summed E-state index contributed by atoms with van der Waals surface area (Å²) in [6.45, 7) is 2.78. The van der Waals surface area contributed by atoms with Crippen molar-refractivity contribution in [2.75, 3.05) is 32.7 Å². The molecule has 0 fully saturated rings. The van der Waals surface area contributed by atoms with Gasteiger partial charge in [-0.2, -0.15) is 0 Å². The lowest BCUT2D eigenvalue weighted by atomic mass is 10.1. The van der Waals surface area contributed by atoms with Crippen molar-refractivity contribution in [2.45, 2.75) is 13.5 Å². The fraction of sp³-hybridized carbons (Fsp3) is 0.316. The number of non-ortho nitro benzene ring substituents is 1. The Kier molecular flexibility index (Phi) is 7.13. The van der Waals surface area contributed by atoms with E-state index in [0.29, 0.717) is 30.2 Å². The molecule has 8 nitrogen and oxygen atoms in total. The first-order chi connectivity index (χ1) is 13.0. The minimum atomic E-state index is -0.665. The molecule has 0 unspecified atom stereocenters. The van der Waals surface area contributed by atoms with Crippen molar-refractivity contribution in [1.29, 1.82) is 0 Å². The van der Waals surface area contributed by atoms with Crippen molar-refractivity contribution < 1.29 is 23.9 Å². The molecule has 0 aliphatic heterocycles. The molecule has 2 aromatic carbocycles. The highest BCUT2D eigenvalue weighted by molar-refractivity contribution is 5.96. The lowest BCUT2D eigenvalue weighted by Crippen LogP contribution is -2.13. The Balaban J connectivity index is 2.21. The Bertz CT molecular complexity index is 822. The molecule has 0 saturated carbocycles. The number of nitro groups is 1. The molecule has 0 spiro atoms. The van der Waals surface area contributed by atoms with E-state index in [-0.39, 0.29) is 17.9 Å². The zero-order valence-corrected chi connectivity index (χ0v) is 15.5. The van der Waals surface area contributed by atoms with Crippen LogP contribution in [0.2, 0.25) is 0 Å². The smallest absolute Gasteiger partial charge is 0.340 e. The van der Waals surface area contributed by atoms with Crippen LogP contribution in [0, 0.1) is 17.0 Å². The van der Waals surface area contributed by atoms with Gasteiger partial charge in [0.1, 0.15) is 12.4 Å². The van der Waals surface area contributed by atoms with Crippen molar-refractivity contribution in [1.82, 2.24) is 0 Å². The number of methoxy groups -OCH3 is 2. The molecule has 0 aromatic heterocycles. The van der Waals surface area contributed by atoms with Gasteiger partial charge in [-0.1, -0.05) is 11.6 Å². The molecule has 2 aromatic rings. The van der Waals surface area contributed by atoms with Crippen LogP contribution in [0.3, 0.4) is 0 Å². The highest BCUT2D eigenvalue weighted by Gasteiger charge is 2.18. The van der Waals surface area contributed by atoms with Gasteiger partial charge in [-0.05, 0) is 25.1 Å². The summed E-state index contributed by atoms with van der Waals surface area (Å²) < 4.78 is 15.6. The number of carbonyl (C=O) groups excluding carboxylic acids is 1. The van der Waals surface area contributed by atoms with Crippen LogP contribution in [0.5, 0.6) is 5.75 Å². The monoisotopic (exact) mass is 374 g/mol. The molecule has 0 amide bonds. The molecule has 0 atom stereocenters. The van der Waals surface area contributed by atoms with Crippen molar-refractivity contribution in [3.05, 3.63) is 63.2 Å². The third kappa shape index (κ3) is 5.42. The van der Waals surface area contributed by atoms with Gasteiger partial charge < -0.3 is 19.5 Å². The standard InChI is InChI=1S/C19H22N2O6/c1-13-4-7-18(26-3)14(10-13)12-27-19(22)16-11-15(21(23)24)5-6-17(16)20-8-9-25-2/h4-7,10-11,20H,8-9,12H2,1-3H3. The Hall–Kier alpha value is -3.13. The first-order valence-corrected chi connectivity index (χ1v) is 8.28. The zero-order chi connectivity index (χ0) is 19.8. The molecule has 144 valence electrons. The van der Waals surface area contributed by atoms with Crippen molar-refractivity contribution in [2.24, 2.45) is 0 Å². The van der Waals surface area contributed by atoms with Crippen molar-refractivity contribution >= 4 is 17.3 Å². The number of nitro benzene ring substituents is 1. The maximum absolute atomic E-state index is 12.6. The quantitative estimate of drug-likeness (QED) is 0.311. The molecule has 1 N–H and O–H groups in total. The van der Waals surface area contributed by atoms with Gasteiger partial charge in [0.2, 0.25) is 0 Å². The summed E-state index contributed by atoms with van der Waals surface area (Å²) >= 11 is 0. The van der Waals surface area contributed by atoms with E-state index in [1.807, 2.05) is 19.1 Å². The predicted octanol–water partition coefficient (Wildman–Crippen LogP) is 3.33. The van der Waals surface area contributed by atoms with E-state index in [1.54, 1.807) is 13.2 Å². The van der Waals surface area contributed by atoms with E-state index in [4.69, 9.17) is 14.2 Å². The number of anilines is 1. The van der Waals surface area contributed by atoms with Crippen LogP contribution in [0.1, 0.15) is 21.5 Å². The maximum atomic E-state index is 12.6. The summed E-state index contributed by atoms with van der Waals surface area (Å²) in [6, 6.07) is 9.56. The van der Waals surface area contributed by atoms with Crippen molar-refractivity contribution in [3.8, 4) is 5.75 Å². The molecule has 0 bridgehead atoms. The Morgan fingerprint density at radius 2 is 1.96 bits per heavy atom. The second-order valence-electron chi connectivity index (χ2n) is 5.80. The molecule has 0 radical (unpaired) electrons. The number of esters is 1. The Labute approximate surface area is 157 Å². The van der Waals surface area contributed by atoms with Gasteiger partial charge in [-0.15, -0.1) is 0 Å². The van der Waals surface area contributed by atoms with Crippen LogP contribution < -0.4 is 10.1 Å². The van der Waals surface area contributed by atoms with Gasteiger partial charge in [0, 0.05) is 37.0 Å². The van der Waals surface area contributed by atoms with Crippen LogP contribution in [-0.4, -0.2) is 38.3 Å². The summed E-state index contributed by atoms with van der Waals surface area (Å²) in [4.78, 5) is 23.1. The van der Waals surface area contributed by atoms with Gasteiger partial charge in [0.05, 0.1) is 24.2 Å². The summed E-state index contributed by atoms with van der Waals surface area (Å²) in [5.41, 5.74) is 2.06. The number of nitrogens with zero attached hydrogens (tertiary/aromatic N) is 1. The minimum absolute atomic E-state index is 0.0100. The minimum Gasteiger partial charge on any atom is -0.496 e. The van der Waals surface area contributed by atoms with Gasteiger partial charge in [-0.25, -0.2) is 4.79 Å². The first kappa shape index (κ1) is 20.2. The van der Waals surface area contributed by atoms with E-state index < -0.39 is 10.9 Å². The van der Waals surface area contributed by atoms with Gasteiger partial charge >= 0.3 is 5.97 Å². The average molecular weight is 374 g/mol. The van der Waals surface area contributed by atoms with Crippen LogP contribution in [0.25, 0.3) is 0 Å². The molecule has 0 aliphatic rings. The third-order valence-corrected chi connectivity index (χ3v) is 3.85. The van der Waals surface area contributed by atoms with Crippen molar-refractivity contribution in [3.63, 3.8) is 0 Å². The molecule has 2 rings (SSSR count). The molecule has 0 aliphatic carbocycles. The molecular weight excluding hydrogens is 352 g/mol. The average Bonchev–Trinajstić information content (AvgIpc) is 2.66. The van der Waals surface area contributed by atoms with Crippen LogP contribution in [0.15, 0.2) is 36.4 Å². The van der Waals surface area contributed by atoms with Gasteiger partial charge in [0.25, 0.3) is 5.69 Å². The SMILES string of the molecule is COCCNc1ccc([N+](=O)[O-])cc1C(=O)OCc1cc(C)ccc1OC. The van der Waals surface area contributed by atoms with Crippen LogP contribution in [-0.2, 0) is 16.1 Å². The second kappa shape index (κ2) is 9.54. The summed E-state index contributed by atoms with van der Waals surface area (Å²) in [7, 11) is 3.09. The van der Waals surface area contributed by atoms with Gasteiger partial charge in [-0.3, -0.25) is 10.1 Å².